The predicted molar refractivity (Wildman–Crippen MR) is 219 cm³/mol. The van der Waals surface area contributed by atoms with E-state index in [4.69, 9.17) is 14.2 Å². The Morgan fingerprint density at radius 2 is 1.68 bits per heavy atom. The van der Waals surface area contributed by atoms with Crippen molar-refractivity contribution in [3.63, 3.8) is 0 Å². The number of likely N-dealkylation sites (N-methyl/N-ethyl adjacent to an activating group) is 1. The smallest absolute Gasteiger partial charge is 0.325 e. The molecular formula is C42H65N5O9S. The Labute approximate surface area is 342 Å². The van der Waals surface area contributed by atoms with Crippen LogP contribution in [0.5, 0.6) is 0 Å². The van der Waals surface area contributed by atoms with Crippen LogP contribution in [0.2, 0.25) is 0 Å². The van der Waals surface area contributed by atoms with Gasteiger partial charge in [-0.1, -0.05) is 89.6 Å². The third-order valence-corrected chi connectivity index (χ3v) is 12.4. The van der Waals surface area contributed by atoms with Gasteiger partial charge in [0.15, 0.2) is 0 Å². The van der Waals surface area contributed by atoms with Gasteiger partial charge in [0, 0.05) is 30.8 Å². The first kappa shape index (κ1) is 47.3. The van der Waals surface area contributed by atoms with Crippen LogP contribution >= 0.6 is 11.8 Å². The molecule has 14 nitrogen and oxygen atoms in total. The molecule has 8 atom stereocenters. The lowest BCUT2D eigenvalue weighted by Crippen LogP contribution is -2.60. The Hall–Kier alpha value is -4.11. The number of carbonyl (C=O) groups is 6. The van der Waals surface area contributed by atoms with Gasteiger partial charge in [-0.05, 0) is 63.6 Å². The van der Waals surface area contributed by atoms with Crippen molar-refractivity contribution < 1.29 is 43.0 Å². The van der Waals surface area contributed by atoms with Crippen LogP contribution in [0.3, 0.4) is 0 Å². The maximum Gasteiger partial charge on any atom is 0.325 e. The Morgan fingerprint density at radius 1 is 1.00 bits per heavy atom. The predicted octanol–water partition coefficient (Wildman–Crippen LogP) is 4.17. The molecule has 0 aromatic heterocycles. The fourth-order valence-electron chi connectivity index (χ4n) is 7.50. The number of hydrogen-bond donors (Lipinski definition) is 3. The summed E-state index contributed by atoms with van der Waals surface area (Å²) in [5.41, 5.74) is 1.24. The highest BCUT2D eigenvalue weighted by Crippen LogP contribution is 2.39. The lowest BCUT2D eigenvalue weighted by molar-refractivity contribution is -0.155. The SMILES string of the molecule is CC[C@H](C)[C@H](NC(=O)[C@H]1CCCCN1C)C(=O)N(CC(=O)OC)[C@H](C[C@@H](OC(C)=O)C1(C)NC(C(=O)N[C@@H](Cc2ccccc2)C[C@H](C)C(=O)OC)=CS1)C(C)C. The Balaban J connectivity index is 1.90. The van der Waals surface area contributed by atoms with Crippen LogP contribution in [0.4, 0.5) is 0 Å². The number of thioether (sulfide) groups is 1. The topological polar surface area (TPSA) is 173 Å². The van der Waals surface area contributed by atoms with E-state index in [1.807, 2.05) is 76.9 Å². The summed E-state index contributed by atoms with van der Waals surface area (Å²) in [6.07, 6.45) is 3.22. The number of nitrogens with one attached hydrogen (secondary N) is 3. The van der Waals surface area contributed by atoms with Gasteiger partial charge in [-0.2, -0.15) is 0 Å². The fourth-order valence-corrected chi connectivity index (χ4v) is 8.49. The summed E-state index contributed by atoms with van der Waals surface area (Å²) in [5.74, 6) is -3.59. The number of benzene rings is 1. The minimum absolute atomic E-state index is 0.0963. The molecule has 3 amide bonds. The first-order chi connectivity index (χ1) is 26.9. The molecule has 1 fully saturated rings. The summed E-state index contributed by atoms with van der Waals surface area (Å²) < 4.78 is 16.0. The van der Waals surface area contributed by atoms with E-state index in [1.54, 1.807) is 12.3 Å². The summed E-state index contributed by atoms with van der Waals surface area (Å²) in [6, 6.07) is 7.30. The standard InChI is InChI=1S/C42H65N5O9S/c1-11-27(4)37(44-39(51)33-19-15-16-20-46(33)8)40(52)47(24-36(49)54-9)34(26(2)3)23-35(56-29(6)48)42(7)45-32(25-57-42)38(50)43-31(21-28(5)41(53)55-10)22-30-17-13-12-14-18-30/h12-14,17-18,25-28,31,33-35,37,45H,11,15-16,19-24H2,1-10H3,(H,43,50)(H,44,51)/t27-,28-,31+,33+,34+,35+,37-,42?/m0/s1. The van der Waals surface area contributed by atoms with E-state index in [-0.39, 0.29) is 48.4 Å². The second-order valence-electron chi connectivity index (χ2n) is 16.0. The summed E-state index contributed by atoms with van der Waals surface area (Å²) >= 11 is 1.27. The van der Waals surface area contributed by atoms with Crippen molar-refractivity contribution in [2.24, 2.45) is 17.8 Å². The average Bonchev–Trinajstić information content (AvgIpc) is 3.59. The molecule has 2 aliphatic rings. The van der Waals surface area contributed by atoms with E-state index in [9.17, 15) is 28.8 Å². The van der Waals surface area contributed by atoms with Crippen molar-refractivity contribution in [3.8, 4) is 0 Å². The van der Waals surface area contributed by atoms with Crippen molar-refractivity contribution in [2.45, 2.75) is 129 Å². The first-order valence-corrected chi connectivity index (χ1v) is 21.0. The number of rotatable bonds is 20. The highest BCUT2D eigenvalue weighted by molar-refractivity contribution is 8.03. The maximum absolute atomic E-state index is 14.7. The van der Waals surface area contributed by atoms with Crippen LogP contribution in [-0.4, -0.2) is 115 Å². The maximum atomic E-state index is 14.7. The zero-order chi connectivity index (χ0) is 42.4. The molecule has 3 rings (SSSR count). The number of esters is 3. The van der Waals surface area contributed by atoms with E-state index < -0.39 is 58.8 Å². The van der Waals surface area contributed by atoms with Crippen molar-refractivity contribution in [3.05, 3.63) is 47.0 Å². The summed E-state index contributed by atoms with van der Waals surface area (Å²) in [4.78, 5) is 82.6. The minimum atomic E-state index is -1.06. The number of methoxy groups -OCH3 is 2. The van der Waals surface area contributed by atoms with E-state index in [0.717, 1.165) is 24.9 Å². The molecule has 1 unspecified atom stereocenters. The minimum Gasteiger partial charge on any atom is -0.469 e. The average molecular weight is 816 g/mol. The molecule has 0 bridgehead atoms. The molecule has 3 N–H and O–H groups in total. The van der Waals surface area contributed by atoms with Gasteiger partial charge in [-0.3, -0.25) is 33.7 Å². The largest absolute Gasteiger partial charge is 0.469 e. The number of nitrogens with zero attached hydrogens (tertiary/aromatic N) is 2. The number of carbonyl (C=O) groups excluding carboxylic acids is 6. The zero-order valence-corrected chi connectivity index (χ0v) is 36.2. The molecule has 0 aliphatic carbocycles. The van der Waals surface area contributed by atoms with E-state index >= 15 is 0 Å². The van der Waals surface area contributed by atoms with Gasteiger partial charge >= 0.3 is 17.9 Å². The molecule has 0 radical (unpaired) electrons. The molecule has 1 saturated heterocycles. The van der Waals surface area contributed by atoms with Crippen molar-refractivity contribution in [1.82, 2.24) is 25.8 Å². The lowest BCUT2D eigenvalue weighted by Gasteiger charge is -2.42. The highest BCUT2D eigenvalue weighted by atomic mass is 32.2. The van der Waals surface area contributed by atoms with Gasteiger partial charge in [0.2, 0.25) is 11.8 Å². The molecular weight excluding hydrogens is 751 g/mol. The van der Waals surface area contributed by atoms with Gasteiger partial charge in [0.05, 0.1) is 26.2 Å². The monoisotopic (exact) mass is 815 g/mol. The third-order valence-electron chi connectivity index (χ3n) is 11.2. The Morgan fingerprint density at radius 3 is 2.26 bits per heavy atom. The molecule has 318 valence electrons. The molecule has 1 aromatic carbocycles. The molecule has 0 saturated carbocycles. The number of hydrogen-bond acceptors (Lipinski definition) is 12. The number of amides is 3. The molecule has 57 heavy (non-hydrogen) atoms. The number of piperidine rings is 1. The van der Waals surface area contributed by atoms with Crippen LogP contribution in [0.1, 0.15) is 92.6 Å². The second kappa shape index (κ2) is 22.2. The fraction of sp³-hybridized carbons (Fsp3) is 0.667. The molecule has 0 spiro atoms. The van der Waals surface area contributed by atoms with Crippen LogP contribution in [0.15, 0.2) is 41.4 Å². The van der Waals surface area contributed by atoms with Crippen LogP contribution in [0.25, 0.3) is 0 Å². The summed E-state index contributed by atoms with van der Waals surface area (Å²) in [6.45, 7) is 12.9. The lowest BCUT2D eigenvalue weighted by atomic mass is 9.90. The van der Waals surface area contributed by atoms with Gasteiger partial charge in [0.25, 0.3) is 5.91 Å². The van der Waals surface area contributed by atoms with E-state index in [2.05, 4.69) is 16.0 Å². The number of ether oxygens (including phenoxy) is 3. The van der Waals surface area contributed by atoms with Gasteiger partial charge < -0.3 is 35.1 Å². The first-order valence-electron chi connectivity index (χ1n) is 20.1. The van der Waals surface area contributed by atoms with Gasteiger partial charge in [-0.25, -0.2) is 0 Å². The molecule has 2 heterocycles. The zero-order valence-electron chi connectivity index (χ0n) is 35.4. The third kappa shape index (κ3) is 13.5. The van der Waals surface area contributed by atoms with Crippen molar-refractivity contribution in [1.29, 1.82) is 0 Å². The second-order valence-corrected chi connectivity index (χ2v) is 17.3. The number of likely N-dealkylation sites (tertiary alicyclic amines) is 1. The quantitative estimate of drug-likeness (QED) is 0.127. The Kier molecular flexibility index (Phi) is 18.4. The van der Waals surface area contributed by atoms with Gasteiger partial charge in [-0.15, -0.1) is 0 Å². The van der Waals surface area contributed by atoms with Crippen molar-refractivity contribution >= 4 is 47.4 Å². The highest BCUT2D eigenvalue weighted by Gasteiger charge is 2.46. The van der Waals surface area contributed by atoms with Gasteiger partial charge in [0.1, 0.15) is 29.3 Å². The molecule has 1 aromatic rings. The summed E-state index contributed by atoms with van der Waals surface area (Å²) in [5, 5.41) is 11.1. The van der Waals surface area contributed by atoms with E-state index in [1.165, 1.54) is 37.8 Å². The van der Waals surface area contributed by atoms with Crippen molar-refractivity contribution in [2.75, 3.05) is 34.4 Å². The molecule has 15 heteroatoms. The summed E-state index contributed by atoms with van der Waals surface area (Å²) in [7, 11) is 4.50. The van der Waals surface area contributed by atoms with Crippen LogP contribution < -0.4 is 16.0 Å². The van der Waals surface area contributed by atoms with Crippen LogP contribution in [-0.2, 0) is 49.4 Å². The Bertz CT molecular complexity index is 1580. The van der Waals surface area contributed by atoms with E-state index in [0.29, 0.717) is 25.7 Å². The van der Waals surface area contributed by atoms with Crippen LogP contribution in [0, 0.1) is 17.8 Å². The normalized spacial score (nSPS) is 21.4. The molecule has 2 aliphatic heterocycles.